The zero-order chi connectivity index (χ0) is 10.0. The zero-order valence-corrected chi connectivity index (χ0v) is 6.26. The fraction of sp³-hybridized carbons (Fsp3) is 0.143. The number of nitrogen functional groups attached to an aromatic ring is 1. The normalized spacial score (nSPS) is 10.1. The highest BCUT2D eigenvalue weighted by Gasteiger charge is 2.19. The summed E-state index contributed by atoms with van der Waals surface area (Å²) >= 11 is 0. The van der Waals surface area contributed by atoms with Gasteiger partial charge in [0.15, 0.2) is 5.82 Å². The number of nitriles is 1. The average Bonchev–Trinajstić information content (AvgIpc) is 2.08. The Morgan fingerprint density at radius 1 is 1.54 bits per heavy atom. The van der Waals surface area contributed by atoms with Crippen molar-refractivity contribution >= 4 is 5.82 Å². The van der Waals surface area contributed by atoms with Crippen molar-refractivity contribution in [1.82, 2.24) is 4.98 Å². The van der Waals surface area contributed by atoms with E-state index in [4.69, 9.17) is 11.0 Å². The van der Waals surface area contributed by atoms with Crippen LogP contribution in [0.2, 0.25) is 0 Å². The number of halogens is 3. The average molecular weight is 187 g/mol. The fourth-order valence-corrected chi connectivity index (χ4v) is 0.796. The Bertz CT molecular complexity index is 370. The van der Waals surface area contributed by atoms with Gasteiger partial charge in [0.05, 0.1) is 5.56 Å². The van der Waals surface area contributed by atoms with Crippen LogP contribution in [-0.4, -0.2) is 4.98 Å². The Balaban J connectivity index is 3.38. The van der Waals surface area contributed by atoms with E-state index in [1.54, 1.807) is 0 Å². The molecule has 0 aromatic carbocycles. The molecule has 13 heavy (non-hydrogen) atoms. The van der Waals surface area contributed by atoms with Gasteiger partial charge in [-0.3, -0.25) is 0 Å². The molecule has 2 N–H and O–H groups in total. The van der Waals surface area contributed by atoms with Gasteiger partial charge in [-0.25, -0.2) is 18.2 Å². The maximum atomic E-state index is 12.9. The summed E-state index contributed by atoms with van der Waals surface area (Å²) in [5, 5.41) is 8.33. The molecule has 0 saturated carbocycles. The maximum absolute atomic E-state index is 12.9. The van der Waals surface area contributed by atoms with Gasteiger partial charge in [-0.05, 0) is 0 Å². The summed E-state index contributed by atoms with van der Waals surface area (Å²) in [7, 11) is 0. The predicted octanol–water partition coefficient (Wildman–Crippen LogP) is 1.61. The number of anilines is 1. The number of hydrogen-bond acceptors (Lipinski definition) is 3. The van der Waals surface area contributed by atoms with Crippen LogP contribution in [0.5, 0.6) is 0 Å². The highest BCUT2D eigenvalue weighted by Crippen LogP contribution is 2.23. The minimum absolute atomic E-state index is 0.298. The fourth-order valence-electron chi connectivity index (χ4n) is 0.796. The van der Waals surface area contributed by atoms with E-state index in [2.05, 4.69) is 4.98 Å². The Morgan fingerprint density at radius 2 is 2.15 bits per heavy atom. The van der Waals surface area contributed by atoms with E-state index >= 15 is 0 Å². The van der Waals surface area contributed by atoms with Crippen LogP contribution in [0.3, 0.4) is 0 Å². The van der Waals surface area contributed by atoms with Crippen LogP contribution in [0.25, 0.3) is 0 Å². The van der Waals surface area contributed by atoms with E-state index in [1.165, 1.54) is 6.07 Å². The van der Waals surface area contributed by atoms with Crippen LogP contribution in [-0.2, 0) is 0 Å². The first-order valence-corrected chi connectivity index (χ1v) is 3.20. The summed E-state index contributed by atoms with van der Waals surface area (Å²) in [5.74, 6) is -1.61. The lowest BCUT2D eigenvalue weighted by atomic mass is 10.2. The first kappa shape index (κ1) is 9.32. The molecule has 0 amide bonds. The minimum atomic E-state index is -3.07. The molecule has 0 aliphatic carbocycles. The third kappa shape index (κ3) is 1.69. The highest BCUT2D eigenvalue weighted by atomic mass is 19.3. The van der Waals surface area contributed by atoms with E-state index in [-0.39, 0.29) is 5.82 Å². The quantitative estimate of drug-likeness (QED) is 0.726. The molecule has 1 rings (SSSR count). The molecule has 68 valence electrons. The highest BCUT2D eigenvalue weighted by molar-refractivity contribution is 5.42. The molecular formula is C7H4F3N3. The van der Waals surface area contributed by atoms with Crippen LogP contribution in [0.4, 0.5) is 19.0 Å². The number of alkyl halides is 2. The van der Waals surface area contributed by atoms with Gasteiger partial charge in [-0.2, -0.15) is 5.26 Å². The lowest BCUT2D eigenvalue weighted by Crippen LogP contribution is -2.02. The van der Waals surface area contributed by atoms with Crippen molar-refractivity contribution in [2.24, 2.45) is 0 Å². The summed E-state index contributed by atoms with van der Waals surface area (Å²) in [6.45, 7) is 0. The lowest BCUT2D eigenvalue weighted by Gasteiger charge is -2.02. The summed E-state index contributed by atoms with van der Waals surface area (Å²) < 4.78 is 37.0. The molecule has 0 fully saturated rings. The van der Waals surface area contributed by atoms with Gasteiger partial charge >= 0.3 is 0 Å². The van der Waals surface area contributed by atoms with Crippen LogP contribution in [0, 0.1) is 17.1 Å². The van der Waals surface area contributed by atoms with Gasteiger partial charge in [-0.15, -0.1) is 0 Å². The van der Waals surface area contributed by atoms with Crippen LogP contribution >= 0.6 is 0 Å². The number of nitrogens with two attached hydrogens (primary N) is 1. The van der Waals surface area contributed by atoms with Crippen molar-refractivity contribution < 1.29 is 13.2 Å². The lowest BCUT2D eigenvalue weighted by molar-refractivity contribution is 0.140. The molecule has 1 aromatic heterocycles. The summed E-state index contributed by atoms with van der Waals surface area (Å²) in [5.41, 5.74) is 3.47. The van der Waals surface area contributed by atoms with Crippen molar-refractivity contribution in [3.05, 3.63) is 23.1 Å². The summed E-state index contributed by atoms with van der Waals surface area (Å²) in [6.07, 6.45) is -3.07. The van der Waals surface area contributed by atoms with Crippen LogP contribution in [0.15, 0.2) is 6.07 Å². The van der Waals surface area contributed by atoms with E-state index in [0.717, 1.165) is 6.07 Å². The molecule has 0 unspecified atom stereocenters. The van der Waals surface area contributed by atoms with Gasteiger partial charge < -0.3 is 5.73 Å². The Morgan fingerprint density at radius 3 is 2.62 bits per heavy atom. The molecule has 6 heteroatoms. The molecule has 0 bridgehead atoms. The molecule has 0 atom stereocenters. The first-order chi connectivity index (χ1) is 6.06. The number of hydrogen-bond donors (Lipinski definition) is 1. The van der Waals surface area contributed by atoms with Gasteiger partial charge in [-0.1, -0.05) is 0 Å². The molecule has 1 aromatic rings. The first-order valence-electron chi connectivity index (χ1n) is 3.20. The Hall–Kier alpha value is -1.77. The van der Waals surface area contributed by atoms with E-state index in [1.807, 2.05) is 0 Å². The molecule has 0 aliphatic rings. The third-order valence-electron chi connectivity index (χ3n) is 1.33. The monoisotopic (exact) mass is 187 g/mol. The summed E-state index contributed by atoms with van der Waals surface area (Å²) in [6, 6.07) is 2.31. The van der Waals surface area contributed by atoms with Crippen LogP contribution < -0.4 is 5.73 Å². The van der Waals surface area contributed by atoms with Crippen molar-refractivity contribution in [3.8, 4) is 6.07 Å². The topological polar surface area (TPSA) is 62.7 Å². The SMILES string of the molecule is N#Cc1cc(N)nc(C(F)F)c1F. The van der Waals surface area contributed by atoms with Crippen molar-refractivity contribution in [1.29, 1.82) is 5.26 Å². The zero-order valence-electron chi connectivity index (χ0n) is 6.26. The van der Waals surface area contributed by atoms with E-state index in [0.29, 0.717) is 0 Å². The second-order valence-corrected chi connectivity index (χ2v) is 2.21. The second kappa shape index (κ2) is 3.31. The van der Waals surface area contributed by atoms with E-state index < -0.39 is 23.5 Å². The van der Waals surface area contributed by atoms with Gasteiger partial charge in [0.1, 0.15) is 17.6 Å². The smallest absolute Gasteiger partial charge is 0.283 e. The van der Waals surface area contributed by atoms with Crippen molar-refractivity contribution in [2.75, 3.05) is 5.73 Å². The molecule has 0 aliphatic heterocycles. The van der Waals surface area contributed by atoms with Gasteiger partial charge in [0, 0.05) is 6.07 Å². The van der Waals surface area contributed by atoms with E-state index in [9.17, 15) is 13.2 Å². The van der Waals surface area contributed by atoms with Crippen LogP contribution in [0.1, 0.15) is 17.7 Å². The molecule has 3 nitrogen and oxygen atoms in total. The molecule has 0 spiro atoms. The van der Waals surface area contributed by atoms with Gasteiger partial charge in [0.2, 0.25) is 0 Å². The second-order valence-electron chi connectivity index (χ2n) is 2.21. The largest absolute Gasteiger partial charge is 0.384 e. The number of aromatic nitrogens is 1. The molecule has 1 heterocycles. The number of pyridine rings is 1. The molecule has 0 saturated heterocycles. The summed E-state index contributed by atoms with van der Waals surface area (Å²) in [4.78, 5) is 3.08. The molecule has 0 radical (unpaired) electrons. The van der Waals surface area contributed by atoms with Gasteiger partial charge in [0.25, 0.3) is 6.43 Å². The predicted molar refractivity (Wildman–Crippen MR) is 38.3 cm³/mol. The number of nitrogens with zero attached hydrogens (tertiary/aromatic N) is 2. The van der Waals surface area contributed by atoms with Crippen molar-refractivity contribution in [3.63, 3.8) is 0 Å². The Kier molecular flexibility index (Phi) is 2.37. The Labute approximate surface area is 71.6 Å². The van der Waals surface area contributed by atoms with Crippen molar-refractivity contribution in [2.45, 2.75) is 6.43 Å². The third-order valence-corrected chi connectivity index (χ3v) is 1.33. The minimum Gasteiger partial charge on any atom is -0.384 e. The molecular weight excluding hydrogens is 183 g/mol. The standard InChI is InChI=1S/C7H4F3N3/c8-5-3(2-11)1-4(12)13-6(5)7(9)10/h1,7H,(H2,12,13). The number of rotatable bonds is 1. The maximum Gasteiger partial charge on any atom is 0.283 e.